The van der Waals surface area contributed by atoms with Gasteiger partial charge in [0.2, 0.25) is 5.78 Å². The Kier molecular flexibility index (Phi) is 6.46. The molecule has 0 saturated carbocycles. The summed E-state index contributed by atoms with van der Waals surface area (Å²) in [6, 6.07) is 13.1. The average molecular weight is 381 g/mol. The predicted octanol–water partition coefficient (Wildman–Crippen LogP) is 4.72. The van der Waals surface area contributed by atoms with Crippen molar-refractivity contribution < 1.29 is 19.2 Å². The van der Waals surface area contributed by atoms with Crippen molar-refractivity contribution in [2.45, 2.75) is 39.2 Å². The zero-order valence-electron chi connectivity index (χ0n) is 16.3. The minimum atomic E-state index is -0.942. The quantitative estimate of drug-likeness (QED) is 0.238. The molecular weight excluding hydrogens is 358 g/mol. The van der Waals surface area contributed by atoms with Crippen LogP contribution in [0.1, 0.15) is 49.2 Å². The Labute approximate surface area is 164 Å². The molecule has 0 aliphatic rings. The van der Waals surface area contributed by atoms with Gasteiger partial charge in [0.05, 0.1) is 4.92 Å². The number of nitro groups is 1. The van der Waals surface area contributed by atoms with Gasteiger partial charge in [0.25, 0.3) is 5.69 Å². The lowest BCUT2D eigenvalue weighted by atomic mass is 9.86. The smallest absolute Gasteiger partial charge is 0.331 e. The van der Waals surface area contributed by atoms with Crippen LogP contribution in [0.2, 0.25) is 0 Å². The van der Waals surface area contributed by atoms with Crippen LogP contribution >= 0.6 is 0 Å². The van der Waals surface area contributed by atoms with Crippen molar-refractivity contribution in [1.29, 1.82) is 0 Å². The van der Waals surface area contributed by atoms with E-state index >= 15 is 0 Å². The number of carbonyl (C=O) groups is 2. The molecule has 0 amide bonds. The summed E-state index contributed by atoms with van der Waals surface area (Å²) < 4.78 is 5.15. The van der Waals surface area contributed by atoms with E-state index in [-0.39, 0.29) is 16.9 Å². The van der Waals surface area contributed by atoms with Crippen LogP contribution in [-0.4, -0.2) is 22.8 Å². The summed E-state index contributed by atoms with van der Waals surface area (Å²) in [7, 11) is 0. The van der Waals surface area contributed by atoms with Crippen molar-refractivity contribution in [3.63, 3.8) is 0 Å². The molecule has 0 heterocycles. The summed E-state index contributed by atoms with van der Waals surface area (Å²) in [5.74, 6) is -0.990. The largest absolute Gasteiger partial charge is 0.451 e. The molecule has 6 heteroatoms. The summed E-state index contributed by atoms with van der Waals surface area (Å²) in [5.41, 5.74) is 1.97. The SMILES string of the molecule is C[C@@H](OC(=O)/C=C/c1cccc([N+](=O)[O-])c1)C(=O)c1ccc(C(C)(C)C)cc1. The molecule has 2 aromatic rings. The fraction of sp³-hybridized carbons (Fsp3) is 0.273. The van der Waals surface area contributed by atoms with Gasteiger partial charge >= 0.3 is 5.97 Å². The number of ether oxygens (including phenoxy) is 1. The van der Waals surface area contributed by atoms with E-state index < -0.39 is 17.0 Å². The first-order valence-corrected chi connectivity index (χ1v) is 8.86. The molecule has 0 radical (unpaired) electrons. The highest BCUT2D eigenvalue weighted by atomic mass is 16.6. The number of nitro benzene ring substituents is 1. The molecule has 6 nitrogen and oxygen atoms in total. The van der Waals surface area contributed by atoms with Crippen molar-refractivity contribution in [1.82, 2.24) is 0 Å². The second-order valence-corrected chi connectivity index (χ2v) is 7.46. The number of Topliss-reactive ketones (excluding diaryl/α,β-unsaturated/α-hetero) is 1. The topological polar surface area (TPSA) is 86.5 Å². The van der Waals surface area contributed by atoms with Gasteiger partial charge in [0.15, 0.2) is 6.10 Å². The van der Waals surface area contributed by atoms with Gasteiger partial charge in [-0.1, -0.05) is 57.2 Å². The zero-order chi connectivity index (χ0) is 20.9. The summed E-state index contributed by atoms with van der Waals surface area (Å²) in [5, 5.41) is 10.8. The number of non-ortho nitro benzene ring substituents is 1. The highest BCUT2D eigenvalue weighted by Gasteiger charge is 2.20. The molecule has 0 bridgehead atoms. The first-order chi connectivity index (χ1) is 13.1. The molecule has 0 N–H and O–H groups in total. The van der Waals surface area contributed by atoms with E-state index in [0.29, 0.717) is 11.1 Å². The molecule has 0 aromatic heterocycles. The van der Waals surface area contributed by atoms with Crippen molar-refractivity contribution in [2.24, 2.45) is 0 Å². The minimum Gasteiger partial charge on any atom is -0.451 e. The third-order valence-corrected chi connectivity index (χ3v) is 4.19. The number of ketones is 1. The highest BCUT2D eigenvalue weighted by Crippen LogP contribution is 2.22. The monoisotopic (exact) mass is 381 g/mol. The summed E-state index contributed by atoms with van der Waals surface area (Å²) >= 11 is 0. The summed E-state index contributed by atoms with van der Waals surface area (Å²) in [6.45, 7) is 7.77. The molecule has 146 valence electrons. The predicted molar refractivity (Wildman–Crippen MR) is 107 cm³/mol. The van der Waals surface area contributed by atoms with Gasteiger partial charge < -0.3 is 4.74 Å². The van der Waals surface area contributed by atoms with Crippen molar-refractivity contribution in [3.8, 4) is 0 Å². The Morgan fingerprint density at radius 1 is 1.11 bits per heavy atom. The normalized spacial score (nSPS) is 12.6. The Bertz CT molecular complexity index is 907. The Hall–Kier alpha value is -3.28. The lowest BCUT2D eigenvalue weighted by Crippen LogP contribution is -2.23. The Morgan fingerprint density at radius 2 is 1.75 bits per heavy atom. The van der Waals surface area contributed by atoms with E-state index in [0.717, 1.165) is 11.6 Å². The van der Waals surface area contributed by atoms with Crippen LogP contribution < -0.4 is 0 Å². The lowest BCUT2D eigenvalue weighted by molar-refractivity contribution is -0.384. The number of esters is 1. The van der Waals surface area contributed by atoms with Gasteiger partial charge in [-0.15, -0.1) is 0 Å². The van der Waals surface area contributed by atoms with Gasteiger partial charge in [-0.05, 0) is 29.5 Å². The van der Waals surface area contributed by atoms with Crippen molar-refractivity contribution in [2.75, 3.05) is 0 Å². The molecule has 0 spiro atoms. The van der Waals surface area contributed by atoms with E-state index in [1.54, 1.807) is 18.2 Å². The van der Waals surface area contributed by atoms with Gasteiger partial charge in [-0.3, -0.25) is 14.9 Å². The average Bonchev–Trinajstić information content (AvgIpc) is 2.65. The lowest BCUT2D eigenvalue weighted by Gasteiger charge is -2.19. The molecule has 0 aliphatic carbocycles. The summed E-state index contributed by atoms with van der Waals surface area (Å²) in [6.07, 6.45) is 1.61. The van der Waals surface area contributed by atoms with Crippen LogP contribution in [0.15, 0.2) is 54.6 Å². The molecule has 2 aromatic carbocycles. The highest BCUT2D eigenvalue weighted by molar-refractivity contribution is 6.01. The number of nitrogens with zero attached hydrogens (tertiary/aromatic N) is 1. The van der Waals surface area contributed by atoms with Crippen LogP contribution in [0, 0.1) is 10.1 Å². The van der Waals surface area contributed by atoms with E-state index in [2.05, 4.69) is 20.8 Å². The van der Waals surface area contributed by atoms with Crippen LogP contribution in [0.5, 0.6) is 0 Å². The fourth-order valence-electron chi connectivity index (χ4n) is 2.54. The minimum absolute atomic E-state index is 0.0169. The van der Waals surface area contributed by atoms with Gasteiger partial charge in [0, 0.05) is 23.8 Å². The van der Waals surface area contributed by atoms with Crippen molar-refractivity contribution >= 4 is 23.5 Å². The van der Waals surface area contributed by atoms with Gasteiger partial charge in [-0.2, -0.15) is 0 Å². The number of benzene rings is 2. The maximum Gasteiger partial charge on any atom is 0.331 e. The molecule has 0 aliphatic heterocycles. The second kappa shape index (κ2) is 8.61. The molecule has 0 unspecified atom stereocenters. The first-order valence-electron chi connectivity index (χ1n) is 8.86. The summed E-state index contributed by atoms with van der Waals surface area (Å²) in [4.78, 5) is 34.7. The maximum atomic E-state index is 12.5. The Balaban J connectivity index is 2.00. The van der Waals surface area contributed by atoms with Crippen LogP contribution in [0.25, 0.3) is 6.08 Å². The Morgan fingerprint density at radius 3 is 2.32 bits per heavy atom. The third-order valence-electron chi connectivity index (χ3n) is 4.19. The third kappa shape index (κ3) is 5.61. The van der Waals surface area contributed by atoms with Crippen LogP contribution in [0.3, 0.4) is 0 Å². The van der Waals surface area contributed by atoms with Crippen LogP contribution in [0.4, 0.5) is 5.69 Å². The van der Waals surface area contributed by atoms with Gasteiger partial charge in [0.1, 0.15) is 0 Å². The molecule has 0 saturated heterocycles. The zero-order valence-corrected chi connectivity index (χ0v) is 16.3. The molecule has 1 atom stereocenters. The fourth-order valence-corrected chi connectivity index (χ4v) is 2.54. The second-order valence-electron chi connectivity index (χ2n) is 7.46. The first kappa shape index (κ1) is 21.0. The number of hydrogen-bond acceptors (Lipinski definition) is 5. The maximum absolute atomic E-state index is 12.5. The standard InChI is InChI=1S/C22H23NO5/c1-15(21(25)17-9-11-18(12-10-17)22(2,3)4)28-20(24)13-8-16-6-5-7-19(14-16)23(26)27/h5-15H,1-4H3/b13-8+/t15-/m1/s1. The van der Waals surface area contributed by atoms with Crippen LogP contribution in [-0.2, 0) is 14.9 Å². The molecule has 28 heavy (non-hydrogen) atoms. The number of rotatable bonds is 6. The van der Waals surface area contributed by atoms with Crippen molar-refractivity contribution in [3.05, 3.63) is 81.4 Å². The number of hydrogen-bond donors (Lipinski definition) is 0. The molecule has 2 rings (SSSR count). The van der Waals surface area contributed by atoms with E-state index in [9.17, 15) is 19.7 Å². The molecular formula is C22H23NO5. The number of carbonyl (C=O) groups excluding carboxylic acids is 2. The van der Waals surface area contributed by atoms with E-state index in [1.165, 1.54) is 31.2 Å². The van der Waals surface area contributed by atoms with E-state index in [1.807, 2.05) is 12.1 Å². The molecule has 0 fully saturated rings. The van der Waals surface area contributed by atoms with E-state index in [4.69, 9.17) is 4.74 Å². The van der Waals surface area contributed by atoms with Gasteiger partial charge in [-0.25, -0.2) is 4.79 Å².